The van der Waals surface area contributed by atoms with Crippen molar-refractivity contribution < 1.29 is 19.0 Å². The number of ether oxygens (including phenoxy) is 1. The van der Waals surface area contributed by atoms with Crippen molar-refractivity contribution in [2.75, 3.05) is 13.7 Å². The molecule has 0 saturated carbocycles. The molecule has 2 rings (SSSR count). The van der Waals surface area contributed by atoms with E-state index in [0.29, 0.717) is 25.1 Å². The molecule has 1 aliphatic heterocycles. The van der Waals surface area contributed by atoms with E-state index in [-0.39, 0.29) is 11.9 Å². The van der Waals surface area contributed by atoms with Crippen LogP contribution in [0.15, 0.2) is 12.1 Å². The lowest BCUT2D eigenvalue weighted by Crippen LogP contribution is -2.18. The highest BCUT2D eigenvalue weighted by molar-refractivity contribution is 5.71. The van der Waals surface area contributed by atoms with Crippen LogP contribution in [0, 0.1) is 11.7 Å². The molecule has 1 aromatic rings. The van der Waals surface area contributed by atoms with Gasteiger partial charge in [0.2, 0.25) is 0 Å². The van der Waals surface area contributed by atoms with E-state index in [0.717, 1.165) is 11.1 Å². The standard InChI is InChI=1S/C14H18FNO3/c1-3-10-11(5-9(15)6-13(10)19-2)12-4-8(7-16-12)14(17)18/h5-6,8,12,16H,3-4,7H2,1-2H3,(H,17,18). The van der Waals surface area contributed by atoms with Crippen molar-refractivity contribution in [3.8, 4) is 5.75 Å². The number of rotatable bonds is 4. The quantitative estimate of drug-likeness (QED) is 0.877. The summed E-state index contributed by atoms with van der Waals surface area (Å²) in [6, 6.07) is 2.72. The van der Waals surface area contributed by atoms with Crippen molar-refractivity contribution in [2.24, 2.45) is 5.92 Å². The van der Waals surface area contributed by atoms with Gasteiger partial charge in [-0.15, -0.1) is 0 Å². The maximum Gasteiger partial charge on any atom is 0.307 e. The molecule has 0 radical (unpaired) electrons. The van der Waals surface area contributed by atoms with Crippen LogP contribution in [0.5, 0.6) is 5.75 Å². The minimum Gasteiger partial charge on any atom is -0.496 e. The summed E-state index contributed by atoms with van der Waals surface area (Å²) in [6.45, 7) is 2.39. The van der Waals surface area contributed by atoms with Gasteiger partial charge in [-0.25, -0.2) is 4.39 Å². The first-order valence-electron chi connectivity index (χ1n) is 6.39. The van der Waals surface area contributed by atoms with Gasteiger partial charge in [-0.2, -0.15) is 0 Å². The van der Waals surface area contributed by atoms with E-state index in [4.69, 9.17) is 9.84 Å². The Morgan fingerprint density at radius 2 is 2.32 bits per heavy atom. The summed E-state index contributed by atoms with van der Waals surface area (Å²) in [7, 11) is 1.51. The van der Waals surface area contributed by atoms with E-state index in [1.165, 1.54) is 19.2 Å². The Hall–Kier alpha value is -1.62. The van der Waals surface area contributed by atoms with Crippen molar-refractivity contribution in [3.63, 3.8) is 0 Å². The van der Waals surface area contributed by atoms with Gasteiger partial charge in [-0.1, -0.05) is 6.92 Å². The number of methoxy groups -OCH3 is 1. The summed E-state index contributed by atoms with van der Waals surface area (Å²) in [4.78, 5) is 11.0. The number of carbonyl (C=O) groups is 1. The minimum atomic E-state index is -0.809. The highest BCUT2D eigenvalue weighted by Gasteiger charge is 2.32. The fourth-order valence-corrected chi connectivity index (χ4v) is 2.66. The van der Waals surface area contributed by atoms with Crippen LogP contribution in [0.3, 0.4) is 0 Å². The van der Waals surface area contributed by atoms with Crippen LogP contribution >= 0.6 is 0 Å². The molecular weight excluding hydrogens is 249 g/mol. The van der Waals surface area contributed by atoms with E-state index in [9.17, 15) is 9.18 Å². The molecule has 1 heterocycles. The normalized spacial score (nSPS) is 22.5. The molecule has 0 aromatic heterocycles. The lowest BCUT2D eigenvalue weighted by Gasteiger charge is -2.18. The lowest BCUT2D eigenvalue weighted by atomic mass is 9.94. The first-order valence-corrected chi connectivity index (χ1v) is 6.39. The number of benzene rings is 1. The predicted molar refractivity (Wildman–Crippen MR) is 68.8 cm³/mol. The molecule has 0 spiro atoms. The van der Waals surface area contributed by atoms with E-state index in [2.05, 4.69) is 5.32 Å². The van der Waals surface area contributed by atoms with E-state index < -0.39 is 11.9 Å². The number of halogens is 1. The molecule has 1 fully saturated rings. The highest BCUT2D eigenvalue weighted by Crippen LogP contribution is 2.34. The van der Waals surface area contributed by atoms with Crippen molar-refractivity contribution in [1.29, 1.82) is 0 Å². The number of carboxylic acid groups (broad SMARTS) is 1. The van der Waals surface area contributed by atoms with Crippen molar-refractivity contribution in [3.05, 3.63) is 29.1 Å². The highest BCUT2D eigenvalue weighted by atomic mass is 19.1. The Labute approximate surface area is 111 Å². The number of carboxylic acids is 1. The zero-order valence-electron chi connectivity index (χ0n) is 11.1. The molecule has 1 aliphatic rings. The minimum absolute atomic E-state index is 0.124. The molecule has 2 atom stereocenters. The molecular formula is C14H18FNO3. The monoisotopic (exact) mass is 267 g/mol. The molecule has 0 amide bonds. The Morgan fingerprint density at radius 1 is 1.58 bits per heavy atom. The zero-order chi connectivity index (χ0) is 14.0. The van der Waals surface area contributed by atoms with Gasteiger partial charge in [0, 0.05) is 18.7 Å². The number of nitrogens with one attached hydrogen (secondary N) is 1. The average molecular weight is 267 g/mol. The third-order valence-electron chi connectivity index (χ3n) is 3.64. The lowest BCUT2D eigenvalue weighted by molar-refractivity contribution is -0.141. The maximum absolute atomic E-state index is 13.6. The van der Waals surface area contributed by atoms with Gasteiger partial charge >= 0.3 is 5.97 Å². The van der Waals surface area contributed by atoms with E-state index >= 15 is 0 Å². The number of hydrogen-bond donors (Lipinski definition) is 2. The topological polar surface area (TPSA) is 58.6 Å². The molecule has 2 N–H and O–H groups in total. The van der Waals surface area contributed by atoms with E-state index in [1.54, 1.807) is 0 Å². The van der Waals surface area contributed by atoms with Crippen LogP contribution in [0.4, 0.5) is 4.39 Å². The van der Waals surface area contributed by atoms with Crippen molar-refractivity contribution in [1.82, 2.24) is 5.32 Å². The molecule has 5 heteroatoms. The van der Waals surface area contributed by atoms with Gasteiger partial charge in [0.25, 0.3) is 0 Å². The average Bonchev–Trinajstić information content (AvgIpc) is 2.87. The molecule has 4 nitrogen and oxygen atoms in total. The molecule has 1 aromatic carbocycles. The molecule has 0 aliphatic carbocycles. The third kappa shape index (κ3) is 2.71. The van der Waals surface area contributed by atoms with Gasteiger partial charge in [0.15, 0.2) is 0 Å². The van der Waals surface area contributed by atoms with Crippen LogP contribution in [0.25, 0.3) is 0 Å². The molecule has 1 saturated heterocycles. The second-order valence-corrected chi connectivity index (χ2v) is 4.76. The smallest absolute Gasteiger partial charge is 0.307 e. The van der Waals surface area contributed by atoms with Crippen molar-refractivity contribution >= 4 is 5.97 Å². The Morgan fingerprint density at radius 3 is 2.84 bits per heavy atom. The first kappa shape index (κ1) is 13.8. The summed E-state index contributed by atoms with van der Waals surface area (Å²) < 4.78 is 18.8. The van der Waals surface area contributed by atoms with Crippen LogP contribution in [-0.4, -0.2) is 24.7 Å². The fraction of sp³-hybridized carbons (Fsp3) is 0.500. The first-order chi connectivity index (χ1) is 9.06. The summed E-state index contributed by atoms with van der Waals surface area (Å²) in [6.07, 6.45) is 1.20. The summed E-state index contributed by atoms with van der Waals surface area (Å²) in [5.74, 6) is -1.05. The number of hydrogen-bond acceptors (Lipinski definition) is 3. The molecule has 2 unspecified atom stereocenters. The summed E-state index contributed by atoms with van der Waals surface area (Å²) in [5, 5.41) is 12.2. The zero-order valence-corrected chi connectivity index (χ0v) is 11.1. The van der Waals surface area contributed by atoms with Crippen LogP contribution in [0.1, 0.15) is 30.5 Å². The largest absolute Gasteiger partial charge is 0.496 e. The Balaban J connectivity index is 2.34. The molecule has 104 valence electrons. The molecule has 0 bridgehead atoms. The van der Waals surface area contributed by atoms with Crippen molar-refractivity contribution in [2.45, 2.75) is 25.8 Å². The number of aliphatic carboxylic acids is 1. The summed E-state index contributed by atoms with van der Waals surface area (Å²) in [5.41, 5.74) is 1.75. The predicted octanol–water partition coefficient (Wildman–Crippen LogP) is 2.13. The third-order valence-corrected chi connectivity index (χ3v) is 3.64. The van der Waals surface area contributed by atoms with Gasteiger partial charge < -0.3 is 15.2 Å². The fourth-order valence-electron chi connectivity index (χ4n) is 2.66. The van der Waals surface area contributed by atoms with Crippen LogP contribution in [0.2, 0.25) is 0 Å². The summed E-state index contributed by atoms with van der Waals surface area (Å²) >= 11 is 0. The van der Waals surface area contributed by atoms with Gasteiger partial charge in [0.1, 0.15) is 11.6 Å². The maximum atomic E-state index is 13.6. The van der Waals surface area contributed by atoms with Crippen LogP contribution in [-0.2, 0) is 11.2 Å². The van der Waals surface area contributed by atoms with Gasteiger partial charge in [-0.05, 0) is 30.0 Å². The Bertz CT molecular complexity index is 490. The van der Waals surface area contributed by atoms with E-state index in [1.807, 2.05) is 6.92 Å². The van der Waals surface area contributed by atoms with Gasteiger partial charge in [0.05, 0.1) is 13.0 Å². The SMILES string of the molecule is CCc1c(OC)cc(F)cc1C1CC(C(=O)O)CN1. The molecule has 19 heavy (non-hydrogen) atoms. The second-order valence-electron chi connectivity index (χ2n) is 4.76. The Kier molecular flexibility index (Phi) is 4.04. The van der Waals surface area contributed by atoms with Gasteiger partial charge in [-0.3, -0.25) is 4.79 Å². The van der Waals surface area contributed by atoms with Crippen LogP contribution < -0.4 is 10.1 Å². The second kappa shape index (κ2) is 5.57.